The highest BCUT2D eigenvalue weighted by atomic mass is 35.5. The van der Waals surface area contributed by atoms with Crippen molar-refractivity contribution in [1.29, 1.82) is 0 Å². The summed E-state index contributed by atoms with van der Waals surface area (Å²) in [7, 11) is 0. The lowest BCUT2D eigenvalue weighted by Crippen LogP contribution is -2.30. The Morgan fingerprint density at radius 1 is 1.33 bits per heavy atom. The first-order chi connectivity index (χ1) is 8.42. The molecule has 0 spiro atoms. The Morgan fingerprint density at radius 2 is 2.06 bits per heavy atom. The van der Waals surface area contributed by atoms with Crippen molar-refractivity contribution in [2.75, 3.05) is 13.1 Å². The van der Waals surface area contributed by atoms with E-state index in [1.807, 2.05) is 18.2 Å². The molecule has 3 heteroatoms. The molecule has 2 nitrogen and oxygen atoms in total. The van der Waals surface area contributed by atoms with E-state index in [-0.39, 0.29) is 11.7 Å². The fraction of sp³-hybridized carbons (Fsp3) is 0.600. The smallest absolute Gasteiger partial charge is 0.0956 e. The van der Waals surface area contributed by atoms with Gasteiger partial charge in [0, 0.05) is 11.6 Å². The number of benzene rings is 1. The average Bonchev–Trinajstić information content (AvgIpc) is 2.26. The molecule has 102 valence electrons. The molecule has 0 amide bonds. The second-order valence-corrected chi connectivity index (χ2v) is 5.91. The Kier molecular flexibility index (Phi) is 6.13. The molecule has 0 saturated heterocycles. The standard InChI is InChI=1S/C15H24ClNO/c1-5-9-17-11-14(18-15(2,3)4)12-7-6-8-13(16)10-12/h6-8,10,14,17H,5,9,11H2,1-4H3. The lowest BCUT2D eigenvalue weighted by Gasteiger charge is -2.28. The van der Waals surface area contributed by atoms with Crippen LogP contribution < -0.4 is 5.32 Å². The number of ether oxygens (including phenoxy) is 1. The van der Waals surface area contributed by atoms with Crippen molar-refractivity contribution in [1.82, 2.24) is 5.32 Å². The van der Waals surface area contributed by atoms with Gasteiger partial charge in [-0.25, -0.2) is 0 Å². The SMILES string of the molecule is CCCNCC(OC(C)(C)C)c1cccc(Cl)c1. The summed E-state index contributed by atoms with van der Waals surface area (Å²) in [6.45, 7) is 10.2. The summed E-state index contributed by atoms with van der Waals surface area (Å²) in [5, 5.41) is 4.16. The fourth-order valence-corrected chi connectivity index (χ4v) is 1.97. The highest BCUT2D eigenvalue weighted by Crippen LogP contribution is 2.25. The van der Waals surface area contributed by atoms with E-state index in [1.165, 1.54) is 0 Å². The Bertz CT molecular complexity index is 360. The minimum absolute atomic E-state index is 0.0373. The van der Waals surface area contributed by atoms with Gasteiger partial charge in [0.15, 0.2) is 0 Å². The van der Waals surface area contributed by atoms with E-state index in [0.29, 0.717) is 0 Å². The van der Waals surface area contributed by atoms with Crippen molar-refractivity contribution < 1.29 is 4.74 Å². The van der Waals surface area contributed by atoms with Crippen molar-refractivity contribution in [3.63, 3.8) is 0 Å². The zero-order chi connectivity index (χ0) is 13.6. The summed E-state index contributed by atoms with van der Waals surface area (Å²) >= 11 is 6.05. The van der Waals surface area contributed by atoms with E-state index in [2.05, 4.69) is 39.1 Å². The Morgan fingerprint density at radius 3 is 2.61 bits per heavy atom. The van der Waals surface area contributed by atoms with Crippen molar-refractivity contribution in [2.45, 2.75) is 45.8 Å². The van der Waals surface area contributed by atoms with Crippen LogP contribution in [0.4, 0.5) is 0 Å². The molecule has 1 aromatic rings. The van der Waals surface area contributed by atoms with Gasteiger partial charge in [-0.1, -0.05) is 30.7 Å². The Labute approximate surface area is 116 Å². The minimum atomic E-state index is -0.166. The lowest BCUT2D eigenvalue weighted by molar-refractivity contribution is -0.0605. The van der Waals surface area contributed by atoms with Crippen molar-refractivity contribution in [2.24, 2.45) is 0 Å². The Balaban J connectivity index is 2.76. The van der Waals surface area contributed by atoms with Gasteiger partial charge in [0.2, 0.25) is 0 Å². The molecule has 0 aromatic heterocycles. The molecule has 0 fully saturated rings. The minimum Gasteiger partial charge on any atom is -0.367 e. The molecule has 1 atom stereocenters. The zero-order valence-electron chi connectivity index (χ0n) is 11.8. The van der Waals surface area contributed by atoms with E-state index in [1.54, 1.807) is 0 Å². The fourth-order valence-electron chi connectivity index (χ4n) is 1.77. The molecule has 0 aliphatic heterocycles. The third-order valence-corrected chi connectivity index (χ3v) is 2.71. The lowest BCUT2D eigenvalue weighted by atomic mass is 10.1. The maximum absolute atomic E-state index is 6.10. The highest BCUT2D eigenvalue weighted by molar-refractivity contribution is 6.30. The largest absolute Gasteiger partial charge is 0.367 e. The second kappa shape index (κ2) is 7.13. The zero-order valence-corrected chi connectivity index (χ0v) is 12.6. The van der Waals surface area contributed by atoms with Crippen LogP contribution in [0.25, 0.3) is 0 Å². The molecule has 0 bridgehead atoms. The predicted molar refractivity (Wildman–Crippen MR) is 78.2 cm³/mol. The monoisotopic (exact) mass is 269 g/mol. The van der Waals surface area contributed by atoms with Crippen LogP contribution in [0.3, 0.4) is 0 Å². The van der Waals surface area contributed by atoms with E-state index < -0.39 is 0 Å². The molecule has 0 heterocycles. The molecule has 0 saturated carbocycles. The van der Waals surface area contributed by atoms with Gasteiger partial charge in [-0.2, -0.15) is 0 Å². The van der Waals surface area contributed by atoms with Crippen LogP contribution in [-0.2, 0) is 4.74 Å². The Hall–Kier alpha value is -0.570. The first-order valence-electron chi connectivity index (χ1n) is 6.56. The van der Waals surface area contributed by atoms with Crippen LogP contribution >= 0.6 is 11.6 Å². The van der Waals surface area contributed by atoms with Crippen molar-refractivity contribution in [3.05, 3.63) is 34.9 Å². The van der Waals surface area contributed by atoms with Gasteiger partial charge in [0.05, 0.1) is 11.7 Å². The molecule has 1 unspecified atom stereocenters. The van der Waals surface area contributed by atoms with Crippen LogP contribution in [0, 0.1) is 0 Å². The van der Waals surface area contributed by atoms with E-state index in [9.17, 15) is 0 Å². The second-order valence-electron chi connectivity index (χ2n) is 5.48. The molecule has 1 aromatic carbocycles. The van der Waals surface area contributed by atoms with Crippen LogP contribution in [-0.4, -0.2) is 18.7 Å². The molecule has 1 N–H and O–H groups in total. The van der Waals surface area contributed by atoms with Gasteiger partial charge >= 0.3 is 0 Å². The third-order valence-electron chi connectivity index (χ3n) is 2.47. The predicted octanol–water partition coefficient (Wildman–Crippen LogP) is 4.20. The molecular formula is C15H24ClNO. The maximum atomic E-state index is 6.10. The summed E-state index contributed by atoms with van der Waals surface area (Å²) in [5.41, 5.74) is 0.960. The molecular weight excluding hydrogens is 246 g/mol. The molecule has 0 aliphatic carbocycles. The van der Waals surface area contributed by atoms with Gasteiger partial charge in [0.25, 0.3) is 0 Å². The third kappa shape index (κ3) is 5.85. The van der Waals surface area contributed by atoms with Crippen molar-refractivity contribution in [3.8, 4) is 0 Å². The molecule has 0 aliphatic rings. The quantitative estimate of drug-likeness (QED) is 0.782. The highest BCUT2D eigenvalue weighted by Gasteiger charge is 2.20. The summed E-state index contributed by atoms with van der Waals surface area (Å²) in [6.07, 6.45) is 1.16. The molecule has 0 radical (unpaired) electrons. The number of rotatable bonds is 6. The van der Waals surface area contributed by atoms with Gasteiger partial charge in [-0.05, 0) is 51.4 Å². The summed E-state index contributed by atoms with van der Waals surface area (Å²) in [4.78, 5) is 0. The summed E-state index contributed by atoms with van der Waals surface area (Å²) < 4.78 is 6.10. The number of halogens is 1. The van der Waals surface area contributed by atoms with E-state index >= 15 is 0 Å². The van der Waals surface area contributed by atoms with Gasteiger partial charge in [-0.15, -0.1) is 0 Å². The first kappa shape index (κ1) is 15.5. The van der Waals surface area contributed by atoms with E-state index in [0.717, 1.165) is 30.1 Å². The van der Waals surface area contributed by atoms with Crippen LogP contribution in [0.5, 0.6) is 0 Å². The molecule has 18 heavy (non-hydrogen) atoms. The average molecular weight is 270 g/mol. The molecule has 1 rings (SSSR count). The summed E-state index contributed by atoms with van der Waals surface area (Å²) in [6, 6.07) is 7.90. The number of hydrogen-bond donors (Lipinski definition) is 1. The summed E-state index contributed by atoms with van der Waals surface area (Å²) in [5.74, 6) is 0. The van der Waals surface area contributed by atoms with Crippen LogP contribution in [0.2, 0.25) is 5.02 Å². The normalized spacial score (nSPS) is 13.6. The van der Waals surface area contributed by atoms with Gasteiger partial charge in [-0.3, -0.25) is 0 Å². The number of nitrogens with one attached hydrogen (secondary N) is 1. The first-order valence-corrected chi connectivity index (χ1v) is 6.94. The van der Waals surface area contributed by atoms with E-state index in [4.69, 9.17) is 16.3 Å². The van der Waals surface area contributed by atoms with Gasteiger partial charge < -0.3 is 10.1 Å². The van der Waals surface area contributed by atoms with Crippen LogP contribution in [0.1, 0.15) is 45.8 Å². The van der Waals surface area contributed by atoms with Gasteiger partial charge in [0.1, 0.15) is 0 Å². The maximum Gasteiger partial charge on any atom is 0.0956 e. The topological polar surface area (TPSA) is 21.3 Å². The number of hydrogen-bond acceptors (Lipinski definition) is 2. The van der Waals surface area contributed by atoms with Crippen LogP contribution in [0.15, 0.2) is 24.3 Å². The van der Waals surface area contributed by atoms with Crippen molar-refractivity contribution >= 4 is 11.6 Å².